The summed E-state index contributed by atoms with van der Waals surface area (Å²) in [6.07, 6.45) is 0.120. The second-order valence-corrected chi connectivity index (χ2v) is 4.42. The molecule has 3 nitrogen and oxygen atoms in total. The van der Waals surface area contributed by atoms with Crippen LogP contribution in [-0.4, -0.2) is 16.1 Å². The molecular weight excluding hydrogens is 212 g/mol. The predicted molar refractivity (Wildman–Crippen MR) is 61.4 cm³/mol. The number of hydrogen-bond donors (Lipinski definition) is 0. The van der Waals surface area contributed by atoms with Crippen molar-refractivity contribution in [3.05, 3.63) is 16.5 Å². The average Bonchev–Trinajstić information content (AvgIpc) is 2.13. The molecule has 4 heteroatoms. The maximum absolute atomic E-state index is 5.95. The minimum absolute atomic E-state index is 0.120. The van der Waals surface area contributed by atoms with Crippen LogP contribution in [0.4, 0.5) is 0 Å². The number of ether oxygens (including phenoxy) is 1. The van der Waals surface area contributed by atoms with Crippen molar-refractivity contribution in [1.82, 2.24) is 9.97 Å². The number of halogens is 1. The fourth-order valence-corrected chi connectivity index (χ4v) is 1.20. The Labute approximate surface area is 95.8 Å². The highest BCUT2D eigenvalue weighted by atomic mass is 35.5. The van der Waals surface area contributed by atoms with E-state index in [2.05, 4.69) is 23.8 Å². The second-order valence-electron chi connectivity index (χ2n) is 4.06. The molecule has 0 N–H and O–H groups in total. The van der Waals surface area contributed by atoms with Gasteiger partial charge < -0.3 is 4.74 Å². The highest BCUT2D eigenvalue weighted by Gasteiger charge is 2.14. The molecule has 0 radical (unpaired) electrons. The zero-order chi connectivity index (χ0) is 11.6. The molecule has 0 aromatic carbocycles. The summed E-state index contributed by atoms with van der Waals surface area (Å²) in [4.78, 5) is 8.30. The van der Waals surface area contributed by atoms with Crippen LogP contribution in [0.1, 0.15) is 32.2 Å². The maximum atomic E-state index is 5.95. The van der Waals surface area contributed by atoms with Crippen LogP contribution >= 0.6 is 11.6 Å². The third-order valence-corrected chi connectivity index (χ3v) is 2.76. The Morgan fingerprint density at radius 3 is 2.27 bits per heavy atom. The summed E-state index contributed by atoms with van der Waals surface area (Å²) < 4.78 is 5.73. The molecular formula is C11H17ClN2O. The summed E-state index contributed by atoms with van der Waals surface area (Å²) in [5.74, 6) is 1.67. The van der Waals surface area contributed by atoms with Gasteiger partial charge in [-0.05, 0) is 26.7 Å². The van der Waals surface area contributed by atoms with Gasteiger partial charge in [0.2, 0.25) is 5.88 Å². The first kappa shape index (κ1) is 12.2. The lowest BCUT2D eigenvalue weighted by Gasteiger charge is -2.18. The van der Waals surface area contributed by atoms with Crippen molar-refractivity contribution in [3.8, 4) is 5.88 Å². The Balaban J connectivity index is 2.94. The molecule has 0 aliphatic heterocycles. The van der Waals surface area contributed by atoms with Gasteiger partial charge in [-0.25, -0.2) is 4.98 Å². The van der Waals surface area contributed by atoms with Gasteiger partial charge in [-0.2, -0.15) is 4.98 Å². The Morgan fingerprint density at radius 2 is 1.73 bits per heavy atom. The van der Waals surface area contributed by atoms with Crippen molar-refractivity contribution in [2.24, 2.45) is 5.92 Å². The van der Waals surface area contributed by atoms with E-state index in [-0.39, 0.29) is 6.10 Å². The molecule has 0 fully saturated rings. The molecule has 0 aliphatic rings. The number of aromatic nitrogens is 2. The minimum atomic E-state index is 0.120. The molecule has 0 saturated heterocycles. The van der Waals surface area contributed by atoms with Crippen molar-refractivity contribution in [2.45, 2.75) is 40.7 Å². The number of aryl methyl sites for hydroxylation is 1. The lowest BCUT2D eigenvalue weighted by Crippen LogP contribution is -2.20. The average molecular weight is 229 g/mol. The summed E-state index contributed by atoms with van der Waals surface area (Å²) in [6, 6.07) is 0. The van der Waals surface area contributed by atoms with Gasteiger partial charge in [0.25, 0.3) is 0 Å². The monoisotopic (exact) mass is 228 g/mol. The highest BCUT2D eigenvalue weighted by Crippen LogP contribution is 2.23. The van der Waals surface area contributed by atoms with Crippen LogP contribution in [0, 0.1) is 19.8 Å². The third-order valence-electron chi connectivity index (χ3n) is 2.39. The van der Waals surface area contributed by atoms with E-state index in [1.807, 2.05) is 13.8 Å². The summed E-state index contributed by atoms with van der Waals surface area (Å²) >= 11 is 5.95. The predicted octanol–water partition coefficient (Wildman–Crippen LogP) is 3.17. The fourth-order valence-electron chi connectivity index (χ4n) is 0.997. The Morgan fingerprint density at radius 1 is 1.13 bits per heavy atom. The zero-order valence-electron chi connectivity index (χ0n) is 9.84. The molecule has 0 spiro atoms. The molecule has 1 unspecified atom stereocenters. The van der Waals surface area contributed by atoms with E-state index in [1.54, 1.807) is 6.92 Å². The summed E-state index contributed by atoms with van der Waals surface area (Å²) in [5, 5.41) is 0.466. The van der Waals surface area contributed by atoms with E-state index >= 15 is 0 Å². The number of hydrogen-bond acceptors (Lipinski definition) is 3. The Hall–Kier alpha value is -0.830. The van der Waals surface area contributed by atoms with Gasteiger partial charge in [-0.1, -0.05) is 25.4 Å². The van der Waals surface area contributed by atoms with Crippen LogP contribution in [0.15, 0.2) is 0 Å². The first-order valence-corrected chi connectivity index (χ1v) is 5.47. The summed E-state index contributed by atoms with van der Waals surface area (Å²) in [6.45, 7) is 9.91. The van der Waals surface area contributed by atoms with Crippen LogP contribution in [0.2, 0.25) is 5.15 Å². The van der Waals surface area contributed by atoms with Crippen molar-refractivity contribution >= 4 is 11.6 Å². The molecule has 0 bridgehead atoms. The molecule has 84 valence electrons. The normalized spacial score (nSPS) is 13.0. The van der Waals surface area contributed by atoms with E-state index in [0.29, 0.717) is 22.8 Å². The molecule has 1 heterocycles. The molecule has 0 aliphatic carbocycles. The molecule has 0 saturated carbocycles. The fraction of sp³-hybridized carbons (Fsp3) is 0.636. The minimum Gasteiger partial charge on any atom is -0.474 e. The molecule has 1 aromatic heterocycles. The highest BCUT2D eigenvalue weighted by molar-refractivity contribution is 6.30. The van der Waals surface area contributed by atoms with Crippen LogP contribution in [0.3, 0.4) is 0 Å². The summed E-state index contributed by atoms with van der Waals surface area (Å²) in [7, 11) is 0. The van der Waals surface area contributed by atoms with Crippen molar-refractivity contribution in [2.75, 3.05) is 0 Å². The van der Waals surface area contributed by atoms with Crippen molar-refractivity contribution in [1.29, 1.82) is 0 Å². The van der Waals surface area contributed by atoms with E-state index in [1.165, 1.54) is 0 Å². The molecule has 15 heavy (non-hydrogen) atoms. The van der Waals surface area contributed by atoms with E-state index < -0.39 is 0 Å². The van der Waals surface area contributed by atoms with Gasteiger partial charge in [0, 0.05) is 5.56 Å². The molecule has 1 rings (SSSR count). The van der Waals surface area contributed by atoms with Gasteiger partial charge >= 0.3 is 0 Å². The second kappa shape index (κ2) is 4.79. The third kappa shape index (κ3) is 3.06. The molecule has 1 aromatic rings. The first-order chi connectivity index (χ1) is 6.91. The lowest BCUT2D eigenvalue weighted by atomic mass is 10.1. The quantitative estimate of drug-likeness (QED) is 0.746. The lowest BCUT2D eigenvalue weighted by molar-refractivity contribution is 0.161. The summed E-state index contributed by atoms with van der Waals surface area (Å²) in [5.41, 5.74) is 0.801. The standard InChI is InChI=1S/C11H17ClN2O/c1-6(2)8(4)15-11-7(3)10(12)13-9(5)14-11/h6,8H,1-5H3. The van der Waals surface area contributed by atoms with Crippen LogP contribution in [0.25, 0.3) is 0 Å². The maximum Gasteiger partial charge on any atom is 0.221 e. The first-order valence-electron chi connectivity index (χ1n) is 5.09. The van der Waals surface area contributed by atoms with Crippen molar-refractivity contribution in [3.63, 3.8) is 0 Å². The molecule has 1 atom stereocenters. The smallest absolute Gasteiger partial charge is 0.221 e. The van der Waals surface area contributed by atoms with Gasteiger partial charge in [0.15, 0.2) is 0 Å². The van der Waals surface area contributed by atoms with Gasteiger partial charge in [0.1, 0.15) is 11.0 Å². The number of nitrogens with zero attached hydrogens (tertiary/aromatic N) is 2. The van der Waals surface area contributed by atoms with Crippen molar-refractivity contribution < 1.29 is 4.74 Å². The number of rotatable bonds is 3. The van der Waals surface area contributed by atoms with E-state index in [0.717, 1.165) is 5.56 Å². The van der Waals surface area contributed by atoms with E-state index in [9.17, 15) is 0 Å². The van der Waals surface area contributed by atoms with Gasteiger partial charge in [0.05, 0.1) is 6.10 Å². The SMILES string of the molecule is Cc1nc(Cl)c(C)c(OC(C)C(C)C)n1. The van der Waals surface area contributed by atoms with Gasteiger partial charge in [-0.3, -0.25) is 0 Å². The zero-order valence-corrected chi connectivity index (χ0v) is 10.6. The Bertz CT molecular complexity index is 353. The van der Waals surface area contributed by atoms with Crippen LogP contribution in [0.5, 0.6) is 5.88 Å². The van der Waals surface area contributed by atoms with Crippen LogP contribution < -0.4 is 4.74 Å². The largest absolute Gasteiger partial charge is 0.474 e. The van der Waals surface area contributed by atoms with E-state index in [4.69, 9.17) is 16.3 Å². The molecule has 0 amide bonds. The Kier molecular flexibility index (Phi) is 3.91. The topological polar surface area (TPSA) is 35.0 Å². The van der Waals surface area contributed by atoms with Gasteiger partial charge in [-0.15, -0.1) is 0 Å². The van der Waals surface area contributed by atoms with Crippen LogP contribution in [-0.2, 0) is 0 Å².